The number of benzene rings is 1. The van der Waals surface area contributed by atoms with Crippen LogP contribution >= 0.6 is 0 Å². The molecule has 0 aromatic heterocycles. The van der Waals surface area contributed by atoms with Crippen LogP contribution in [-0.4, -0.2) is 27.6 Å². The van der Waals surface area contributed by atoms with Crippen LogP contribution in [-0.2, 0) is 4.79 Å². The van der Waals surface area contributed by atoms with Crippen LogP contribution < -0.4 is 0 Å². The van der Waals surface area contributed by atoms with Gasteiger partial charge >= 0.3 is 0 Å². The Bertz CT molecular complexity index is 584. The van der Waals surface area contributed by atoms with Crippen molar-refractivity contribution in [3.63, 3.8) is 0 Å². The second-order valence-corrected chi connectivity index (χ2v) is 3.57. The molecule has 17 heavy (non-hydrogen) atoms. The molecule has 0 saturated carbocycles. The van der Waals surface area contributed by atoms with Crippen molar-refractivity contribution in [2.24, 2.45) is 4.99 Å². The van der Waals surface area contributed by atoms with E-state index in [1.807, 2.05) is 0 Å². The lowest BCUT2D eigenvalue weighted by Crippen LogP contribution is -2.14. The van der Waals surface area contributed by atoms with Gasteiger partial charge in [-0.1, -0.05) is 0 Å². The molecule has 5 nitrogen and oxygen atoms in total. The summed E-state index contributed by atoms with van der Waals surface area (Å²) >= 11 is 0. The Hall–Kier alpha value is -2.43. The third-order valence-electron chi connectivity index (χ3n) is 2.33. The van der Waals surface area contributed by atoms with Gasteiger partial charge in [-0.2, -0.15) is 0 Å². The lowest BCUT2D eigenvalue weighted by Gasteiger charge is -2.14. The number of allylic oxidation sites excluding steroid dienone is 2. The Morgan fingerprint density at radius 3 is 2.29 bits per heavy atom. The minimum Gasteiger partial charge on any atom is -0.507 e. The third-order valence-corrected chi connectivity index (χ3v) is 2.33. The van der Waals surface area contributed by atoms with E-state index in [2.05, 4.69) is 4.99 Å². The number of fused-ring (bicyclic) bond motifs is 1. The first-order chi connectivity index (χ1) is 8.00. The topological polar surface area (TPSA) is 87.0 Å². The number of amides is 1. The van der Waals surface area contributed by atoms with Gasteiger partial charge in [0.15, 0.2) is 5.78 Å². The van der Waals surface area contributed by atoms with Crippen LogP contribution in [0, 0.1) is 0 Å². The third kappa shape index (κ3) is 1.82. The molecule has 2 rings (SSSR count). The van der Waals surface area contributed by atoms with Crippen LogP contribution in [0.1, 0.15) is 22.8 Å². The summed E-state index contributed by atoms with van der Waals surface area (Å²) in [6.45, 7) is 1.26. The smallest absolute Gasteiger partial charge is 0.243 e. The van der Waals surface area contributed by atoms with E-state index in [0.717, 1.165) is 0 Å². The minimum absolute atomic E-state index is 0.0347. The molecule has 1 aliphatic rings. The molecular formula is C12H9NO4. The SMILES string of the molecule is CC(=O)N=C1C=CC(=O)c2c(O)ccc(O)c21. The quantitative estimate of drug-likeness (QED) is 0.656. The standard InChI is InChI=1S/C12H9NO4/c1-6(14)13-7-2-3-9(16)12-10(17)5-4-8(15)11(7)12/h2-5,15,17H,1H3. The molecule has 0 fully saturated rings. The Labute approximate surface area is 96.7 Å². The predicted octanol–water partition coefficient (Wildman–Crippen LogP) is 1.19. The van der Waals surface area contributed by atoms with Gasteiger partial charge in [-0.3, -0.25) is 9.59 Å². The van der Waals surface area contributed by atoms with Crippen LogP contribution in [0.2, 0.25) is 0 Å². The van der Waals surface area contributed by atoms with Gasteiger partial charge in [-0.25, -0.2) is 4.99 Å². The highest BCUT2D eigenvalue weighted by Crippen LogP contribution is 2.32. The van der Waals surface area contributed by atoms with E-state index in [1.54, 1.807) is 0 Å². The van der Waals surface area contributed by atoms with E-state index >= 15 is 0 Å². The molecule has 0 radical (unpaired) electrons. The van der Waals surface area contributed by atoms with Gasteiger partial charge in [0.25, 0.3) is 0 Å². The van der Waals surface area contributed by atoms with Crippen LogP contribution in [0.5, 0.6) is 11.5 Å². The number of ketones is 1. The second-order valence-electron chi connectivity index (χ2n) is 3.57. The molecule has 0 aliphatic heterocycles. The molecule has 0 atom stereocenters. The summed E-state index contributed by atoms with van der Waals surface area (Å²) in [6.07, 6.45) is 2.54. The fourth-order valence-electron chi connectivity index (χ4n) is 1.67. The maximum atomic E-state index is 11.6. The molecule has 1 aliphatic carbocycles. The number of nitrogens with zero attached hydrogens (tertiary/aromatic N) is 1. The van der Waals surface area contributed by atoms with Crippen LogP contribution in [0.25, 0.3) is 0 Å². The average Bonchev–Trinajstić information content (AvgIpc) is 2.25. The maximum Gasteiger partial charge on any atom is 0.243 e. The molecule has 2 N–H and O–H groups in total. The highest BCUT2D eigenvalue weighted by atomic mass is 16.3. The molecule has 0 unspecified atom stereocenters. The minimum atomic E-state index is -0.451. The van der Waals surface area contributed by atoms with Gasteiger partial charge in [0, 0.05) is 6.92 Å². The van der Waals surface area contributed by atoms with E-state index in [4.69, 9.17) is 0 Å². The average molecular weight is 231 g/mol. The van der Waals surface area contributed by atoms with Gasteiger partial charge in [-0.15, -0.1) is 0 Å². The van der Waals surface area contributed by atoms with Crippen molar-refractivity contribution in [3.8, 4) is 11.5 Å². The first-order valence-corrected chi connectivity index (χ1v) is 4.87. The lowest BCUT2D eigenvalue weighted by molar-refractivity contribution is -0.115. The summed E-state index contributed by atoms with van der Waals surface area (Å²) < 4.78 is 0. The van der Waals surface area contributed by atoms with Crippen LogP contribution in [0.15, 0.2) is 29.3 Å². The van der Waals surface area contributed by atoms with E-state index in [9.17, 15) is 19.8 Å². The van der Waals surface area contributed by atoms with Crippen LogP contribution in [0.4, 0.5) is 0 Å². The first-order valence-electron chi connectivity index (χ1n) is 4.87. The number of phenols is 2. The molecule has 0 saturated heterocycles. The van der Waals surface area contributed by atoms with E-state index in [0.29, 0.717) is 0 Å². The van der Waals surface area contributed by atoms with Crippen molar-refractivity contribution >= 4 is 17.4 Å². The Kier molecular flexibility index (Phi) is 2.51. The number of phenolic OH excluding ortho intramolecular Hbond substituents is 2. The zero-order chi connectivity index (χ0) is 12.6. The summed E-state index contributed by atoms with van der Waals surface area (Å²) in [6, 6.07) is 2.47. The first kappa shape index (κ1) is 11.1. The van der Waals surface area contributed by atoms with Crippen molar-refractivity contribution in [1.29, 1.82) is 0 Å². The molecule has 1 aromatic rings. The number of carbonyl (C=O) groups is 2. The normalized spacial score (nSPS) is 16.1. The highest BCUT2D eigenvalue weighted by molar-refractivity contribution is 6.27. The van der Waals surface area contributed by atoms with Gasteiger partial charge in [0.05, 0.1) is 16.8 Å². The lowest BCUT2D eigenvalue weighted by atomic mass is 9.92. The summed E-state index contributed by atoms with van der Waals surface area (Å²) in [7, 11) is 0. The molecule has 0 bridgehead atoms. The van der Waals surface area contributed by atoms with Gasteiger partial charge < -0.3 is 10.2 Å². The Morgan fingerprint density at radius 1 is 1.12 bits per heavy atom. The second kappa shape index (κ2) is 3.86. The molecule has 0 heterocycles. The largest absolute Gasteiger partial charge is 0.507 e. The number of rotatable bonds is 0. The van der Waals surface area contributed by atoms with Crippen molar-refractivity contribution in [2.45, 2.75) is 6.92 Å². The number of carbonyl (C=O) groups excluding carboxylic acids is 2. The fraction of sp³-hybridized carbons (Fsp3) is 0.0833. The maximum absolute atomic E-state index is 11.6. The fourth-order valence-corrected chi connectivity index (χ4v) is 1.67. The monoisotopic (exact) mass is 231 g/mol. The summed E-state index contributed by atoms with van der Waals surface area (Å²) in [4.78, 5) is 26.2. The zero-order valence-corrected chi connectivity index (χ0v) is 8.97. The van der Waals surface area contributed by atoms with E-state index in [-0.39, 0.29) is 28.3 Å². The van der Waals surface area contributed by atoms with Crippen molar-refractivity contribution < 1.29 is 19.8 Å². The van der Waals surface area contributed by atoms with E-state index < -0.39 is 11.7 Å². The molecule has 1 amide bonds. The molecule has 1 aromatic carbocycles. The number of hydrogen-bond donors (Lipinski definition) is 2. The molecule has 86 valence electrons. The predicted molar refractivity (Wildman–Crippen MR) is 60.5 cm³/mol. The van der Waals surface area contributed by atoms with Crippen LogP contribution in [0.3, 0.4) is 0 Å². The van der Waals surface area contributed by atoms with Gasteiger partial charge in [-0.05, 0) is 24.3 Å². The molecule has 0 spiro atoms. The van der Waals surface area contributed by atoms with E-state index in [1.165, 1.54) is 31.2 Å². The Balaban J connectivity index is 2.76. The van der Waals surface area contributed by atoms with Crippen molar-refractivity contribution in [2.75, 3.05) is 0 Å². The zero-order valence-electron chi connectivity index (χ0n) is 8.97. The highest BCUT2D eigenvalue weighted by Gasteiger charge is 2.24. The van der Waals surface area contributed by atoms with Gasteiger partial charge in [0.2, 0.25) is 5.91 Å². The van der Waals surface area contributed by atoms with Crippen molar-refractivity contribution in [1.82, 2.24) is 0 Å². The molecular weight excluding hydrogens is 222 g/mol. The Morgan fingerprint density at radius 2 is 1.71 bits per heavy atom. The summed E-state index contributed by atoms with van der Waals surface area (Å²) in [5.41, 5.74) is 0.223. The summed E-state index contributed by atoms with van der Waals surface area (Å²) in [5, 5.41) is 19.3. The molecule has 5 heteroatoms. The number of hydrogen-bond acceptors (Lipinski definition) is 4. The number of aromatic hydroxyl groups is 2. The van der Waals surface area contributed by atoms with Crippen molar-refractivity contribution in [3.05, 3.63) is 35.4 Å². The summed E-state index contributed by atoms with van der Waals surface area (Å²) in [5.74, 6) is -1.33. The van der Waals surface area contributed by atoms with Gasteiger partial charge in [0.1, 0.15) is 11.5 Å². The number of aliphatic imine (C=N–C) groups is 1.